The van der Waals surface area contributed by atoms with E-state index in [1.165, 1.54) is 0 Å². The van der Waals surface area contributed by atoms with Gasteiger partial charge in [0.15, 0.2) is 0 Å². The van der Waals surface area contributed by atoms with E-state index in [1.54, 1.807) is 7.11 Å². The summed E-state index contributed by atoms with van der Waals surface area (Å²) in [6.45, 7) is 6.10. The fraction of sp³-hybridized carbons (Fsp3) is 0.571. The molecular weight excluding hydrogens is 274 g/mol. The summed E-state index contributed by atoms with van der Waals surface area (Å²) in [5.74, 6) is 2.53. The van der Waals surface area contributed by atoms with E-state index >= 15 is 0 Å². The van der Waals surface area contributed by atoms with E-state index in [2.05, 4.69) is 10.2 Å². The predicted molar refractivity (Wildman–Crippen MR) is 75.7 cm³/mol. The van der Waals surface area contributed by atoms with E-state index < -0.39 is 0 Å². The zero-order chi connectivity index (χ0) is 15.2. The van der Waals surface area contributed by atoms with Crippen molar-refractivity contribution in [1.29, 1.82) is 0 Å². The first-order valence-electron chi connectivity index (χ1n) is 6.86. The van der Waals surface area contributed by atoms with Gasteiger partial charge in [0.2, 0.25) is 5.89 Å². The monoisotopic (exact) mass is 295 g/mol. The van der Waals surface area contributed by atoms with Crippen molar-refractivity contribution in [3.63, 3.8) is 0 Å². The van der Waals surface area contributed by atoms with Crippen LogP contribution in [0, 0.1) is 13.8 Å². The third-order valence-corrected chi connectivity index (χ3v) is 3.12. The Balaban J connectivity index is 2.06. The van der Waals surface area contributed by atoms with Crippen LogP contribution in [-0.2, 0) is 11.3 Å². The smallest absolute Gasteiger partial charge is 0.251 e. The summed E-state index contributed by atoms with van der Waals surface area (Å²) in [7, 11) is 1.64. The van der Waals surface area contributed by atoms with E-state index in [4.69, 9.17) is 18.7 Å². The number of nitrogens with zero attached hydrogens (tertiary/aromatic N) is 3. The SMILES string of the molecule is COCCN(CCO)Cc1nnc(-c2cc(C)oc2C)o1. The molecule has 1 N–H and O–H groups in total. The molecule has 0 bridgehead atoms. The highest BCUT2D eigenvalue weighted by atomic mass is 16.5. The Labute approximate surface area is 123 Å². The van der Waals surface area contributed by atoms with Gasteiger partial charge >= 0.3 is 0 Å². The largest absolute Gasteiger partial charge is 0.466 e. The third kappa shape index (κ3) is 4.13. The van der Waals surface area contributed by atoms with E-state index in [0.29, 0.717) is 38.0 Å². The van der Waals surface area contributed by atoms with Crippen molar-refractivity contribution in [2.45, 2.75) is 20.4 Å². The summed E-state index contributed by atoms with van der Waals surface area (Å²) in [6, 6.07) is 1.88. The van der Waals surface area contributed by atoms with Gasteiger partial charge in [0, 0.05) is 20.2 Å². The van der Waals surface area contributed by atoms with Gasteiger partial charge in [-0.1, -0.05) is 0 Å². The van der Waals surface area contributed by atoms with E-state index in [1.807, 2.05) is 24.8 Å². The van der Waals surface area contributed by atoms with Crippen molar-refractivity contribution in [2.75, 3.05) is 33.4 Å². The molecule has 0 aromatic carbocycles. The number of methoxy groups -OCH3 is 1. The van der Waals surface area contributed by atoms with Crippen molar-refractivity contribution in [3.05, 3.63) is 23.5 Å². The van der Waals surface area contributed by atoms with E-state index in [9.17, 15) is 0 Å². The van der Waals surface area contributed by atoms with Crippen LogP contribution in [0.4, 0.5) is 0 Å². The second-order valence-electron chi connectivity index (χ2n) is 4.82. The third-order valence-electron chi connectivity index (χ3n) is 3.12. The molecular formula is C14H21N3O4. The predicted octanol–water partition coefficient (Wildman–Crippen LogP) is 1.39. The number of aliphatic hydroxyl groups is 1. The van der Waals surface area contributed by atoms with Crippen LogP contribution in [0.1, 0.15) is 17.4 Å². The Bertz CT molecular complexity index is 564. The molecule has 2 rings (SSSR count). The second-order valence-corrected chi connectivity index (χ2v) is 4.82. The number of furan rings is 1. The highest BCUT2D eigenvalue weighted by molar-refractivity contribution is 5.55. The molecule has 0 aliphatic carbocycles. The minimum absolute atomic E-state index is 0.0741. The number of aryl methyl sites for hydroxylation is 2. The molecule has 116 valence electrons. The summed E-state index contributed by atoms with van der Waals surface area (Å²) in [4.78, 5) is 1.99. The average molecular weight is 295 g/mol. The van der Waals surface area contributed by atoms with Crippen molar-refractivity contribution in [2.24, 2.45) is 0 Å². The van der Waals surface area contributed by atoms with Gasteiger partial charge in [0.25, 0.3) is 5.89 Å². The number of hydrogen-bond acceptors (Lipinski definition) is 7. The quantitative estimate of drug-likeness (QED) is 0.787. The van der Waals surface area contributed by atoms with Crippen LogP contribution in [0.25, 0.3) is 11.5 Å². The van der Waals surface area contributed by atoms with Crippen molar-refractivity contribution >= 4 is 0 Å². The maximum atomic E-state index is 9.07. The Kier molecular flexibility index (Phi) is 5.49. The topological polar surface area (TPSA) is 84.8 Å². The zero-order valence-electron chi connectivity index (χ0n) is 12.6. The molecule has 7 heteroatoms. The Morgan fingerprint density at radius 1 is 1.24 bits per heavy atom. The first kappa shape index (κ1) is 15.7. The summed E-state index contributed by atoms with van der Waals surface area (Å²) < 4.78 is 16.2. The summed E-state index contributed by atoms with van der Waals surface area (Å²) in [6.07, 6.45) is 0. The molecule has 2 heterocycles. The number of rotatable bonds is 8. The second kappa shape index (κ2) is 7.35. The molecule has 0 spiro atoms. The highest BCUT2D eigenvalue weighted by Crippen LogP contribution is 2.25. The molecule has 0 saturated carbocycles. The van der Waals surface area contributed by atoms with Crippen molar-refractivity contribution in [3.8, 4) is 11.5 Å². The Hall–Kier alpha value is -1.70. The van der Waals surface area contributed by atoms with Crippen LogP contribution in [0.3, 0.4) is 0 Å². The fourth-order valence-corrected chi connectivity index (χ4v) is 2.09. The molecule has 0 saturated heterocycles. The van der Waals surface area contributed by atoms with Crippen LogP contribution in [0.2, 0.25) is 0 Å². The van der Waals surface area contributed by atoms with Crippen LogP contribution < -0.4 is 0 Å². The maximum absolute atomic E-state index is 9.07. The van der Waals surface area contributed by atoms with Crippen LogP contribution in [0.15, 0.2) is 14.9 Å². The molecule has 0 aliphatic heterocycles. The molecule has 0 aliphatic rings. The van der Waals surface area contributed by atoms with Gasteiger partial charge < -0.3 is 18.7 Å². The number of ether oxygens (including phenoxy) is 1. The number of aliphatic hydroxyl groups excluding tert-OH is 1. The Morgan fingerprint density at radius 3 is 2.67 bits per heavy atom. The standard InChI is InChI=1S/C14H21N3O4/c1-10-8-12(11(2)20-10)14-16-15-13(21-14)9-17(4-6-18)5-7-19-3/h8,18H,4-7,9H2,1-3H3. The van der Waals surface area contributed by atoms with Gasteiger partial charge in [-0.3, -0.25) is 4.90 Å². The lowest BCUT2D eigenvalue weighted by atomic mass is 10.2. The molecule has 0 unspecified atom stereocenters. The minimum Gasteiger partial charge on any atom is -0.466 e. The van der Waals surface area contributed by atoms with Gasteiger partial charge in [0.1, 0.15) is 11.5 Å². The summed E-state index contributed by atoms with van der Waals surface area (Å²) in [5, 5.41) is 17.2. The molecule has 2 aromatic heterocycles. The van der Waals surface area contributed by atoms with Crippen LogP contribution >= 0.6 is 0 Å². The first-order valence-corrected chi connectivity index (χ1v) is 6.86. The highest BCUT2D eigenvalue weighted by Gasteiger charge is 2.16. The summed E-state index contributed by atoms with van der Waals surface area (Å²) in [5.41, 5.74) is 0.817. The van der Waals surface area contributed by atoms with Gasteiger partial charge in [-0.25, -0.2) is 0 Å². The fourth-order valence-electron chi connectivity index (χ4n) is 2.09. The number of aromatic nitrogens is 2. The molecule has 0 fully saturated rings. The maximum Gasteiger partial charge on any atom is 0.251 e. The van der Waals surface area contributed by atoms with Gasteiger partial charge in [0.05, 0.1) is 25.3 Å². The van der Waals surface area contributed by atoms with Gasteiger partial charge in [-0.15, -0.1) is 10.2 Å². The van der Waals surface area contributed by atoms with Crippen molar-refractivity contribution < 1.29 is 18.7 Å². The first-order chi connectivity index (χ1) is 10.1. The molecule has 21 heavy (non-hydrogen) atoms. The van der Waals surface area contributed by atoms with Crippen molar-refractivity contribution in [1.82, 2.24) is 15.1 Å². The van der Waals surface area contributed by atoms with Crippen LogP contribution in [0.5, 0.6) is 0 Å². The molecule has 0 amide bonds. The molecule has 2 aromatic rings. The molecule has 0 radical (unpaired) electrons. The lowest BCUT2D eigenvalue weighted by molar-refractivity contribution is 0.121. The van der Waals surface area contributed by atoms with E-state index in [0.717, 1.165) is 17.1 Å². The average Bonchev–Trinajstić information content (AvgIpc) is 3.02. The summed E-state index contributed by atoms with van der Waals surface area (Å²) >= 11 is 0. The normalized spacial score (nSPS) is 11.5. The molecule has 7 nitrogen and oxygen atoms in total. The minimum atomic E-state index is 0.0741. The Morgan fingerprint density at radius 2 is 2.05 bits per heavy atom. The van der Waals surface area contributed by atoms with Gasteiger partial charge in [-0.2, -0.15) is 0 Å². The zero-order valence-corrected chi connectivity index (χ0v) is 12.6. The lowest BCUT2D eigenvalue weighted by Crippen LogP contribution is -2.30. The van der Waals surface area contributed by atoms with E-state index in [-0.39, 0.29) is 6.61 Å². The molecule has 0 atom stereocenters. The van der Waals surface area contributed by atoms with Crippen LogP contribution in [-0.4, -0.2) is 53.6 Å². The number of hydrogen-bond donors (Lipinski definition) is 1. The lowest BCUT2D eigenvalue weighted by Gasteiger charge is -2.18. The van der Waals surface area contributed by atoms with Gasteiger partial charge in [-0.05, 0) is 19.9 Å².